The van der Waals surface area contributed by atoms with E-state index in [0.29, 0.717) is 10.6 Å². The van der Waals surface area contributed by atoms with Gasteiger partial charge in [-0.05, 0) is 23.6 Å². The van der Waals surface area contributed by atoms with E-state index >= 15 is 0 Å². The fourth-order valence-electron chi connectivity index (χ4n) is 2.51. The standard InChI is InChI=1S/C19H19FN4O3S/c1-11(2)16(24-18(26)14-8-27-10-22-14)19-23-15(9-28-19)17(25)21-7-12-4-3-5-13(20)6-12/h3-6,8-11,16H,7H2,1-2H3,(H,21,25)(H,24,26)/t16-/m1/s1. The van der Waals surface area contributed by atoms with Crippen molar-refractivity contribution in [1.82, 2.24) is 20.6 Å². The van der Waals surface area contributed by atoms with E-state index in [9.17, 15) is 14.0 Å². The highest BCUT2D eigenvalue weighted by Gasteiger charge is 2.24. The Morgan fingerprint density at radius 1 is 1.25 bits per heavy atom. The lowest BCUT2D eigenvalue weighted by molar-refractivity contribution is 0.0920. The minimum atomic E-state index is -0.376. The van der Waals surface area contributed by atoms with E-state index < -0.39 is 0 Å². The van der Waals surface area contributed by atoms with Crippen LogP contribution in [0.25, 0.3) is 0 Å². The topological polar surface area (TPSA) is 97.1 Å². The van der Waals surface area contributed by atoms with Crippen LogP contribution >= 0.6 is 11.3 Å². The van der Waals surface area contributed by atoms with Crippen molar-refractivity contribution in [1.29, 1.82) is 0 Å². The molecule has 0 spiro atoms. The number of nitrogens with one attached hydrogen (secondary N) is 2. The van der Waals surface area contributed by atoms with Gasteiger partial charge in [-0.3, -0.25) is 9.59 Å². The van der Waals surface area contributed by atoms with Crippen LogP contribution in [-0.4, -0.2) is 21.8 Å². The van der Waals surface area contributed by atoms with Crippen molar-refractivity contribution in [2.24, 2.45) is 5.92 Å². The molecule has 0 radical (unpaired) electrons. The number of aromatic nitrogens is 2. The Hall–Kier alpha value is -3.07. The summed E-state index contributed by atoms with van der Waals surface area (Å²) in [4.78, 5) is 32.8. The van der Waals surface area contributed by atoms with Crippen molar-refractivity contribution in [3.05, 3.63) is 70.1 Å². The number of hydrogen-bond acceptors (Lipinski definition) is 6. The van der Waals surface area contributed by atoms with Crippen LogP contribution in [0.3, 0.4) is 0 Å². The summed E-state index contributed by atoms with van der Waals surface area (Å²) in [6, 6.07) is 5.64. The highest BCUT2D eigenvalue weighted by Crippen LogP contribution is 2.25. The van der Waals surface area contributed by atoms with Gasteiger partial charge in [0, 0.05) is 11.9 Å². The van der Waals surface area contributed by atoms with E-state index in [1.807, 2.05) is 13.8 Å². The van der Waals surface area contributed by atoms with Gasteiger partial charge in [0.15, 0.2) is 12.1 Å². The van der Waals surface area contributed by atoms with Crippen molar-refractivity contribution in [3.8, 4) is 0 Å². The molecule has 146 valence electrons. The highest BCUT2D eigenvalue weighted by atomic mass is 32.1. The molecule has 3 rings (SSSR count). The van der Waals surface area contributed by atoms with Crippen molar-refractivity contribution in [2.45, 2.75) is 26.4 Å². The zero-order valence-corrected chi connectivity index (χ0v) is 16.1. The third-order valence-corrected chi connectivity index (χ3v) is 4.91. The fraction of sp³-hybridized carbons (Fsp3) is 0.263. The predicted molar refractivity (Wildman–Crippen MR) is 101 cm³/mol. The molecule has 9 heteroatoms. The van der Waals surface area contributed by atoms with Crippen molar-refractivity contribution in [3.63, 3.8) is 0 Å². The van der Waals surface area contributed by atoms with Gasteiger partial charge in [0.25, 0.3) is 11.8 Å². The van der Waals surface area contributed by atoms with E-state index in [4.69, 9.17) is 4.42 Å². The maximum atomic E-state index is 13.2. The van der Waals surface area contributed by atoms with Crippen LogP contribution in [0.5, 0.6) is 0 Å². The van der Waals surface area contributed by atoms with Gasteiger partial charge in [-0.2, -0.15) is 0 Å². The second-order valence-electron chi connectivity index (χ2n) is 6.45. The van der Waals surface area contributed by atoms with Gasteiger partial charge in [0.05, 0.1) is 6.04 Å². The SMILES string of the molecule is CC(C)[C@@H](NC(=O)c1cocn1)c1nc(C(=O)NCc2cccc(F)c2)cs1. The quantitative estimate of drug-likeness (QED) is 0.632. The smallest absolute Gasteiger partial charge is 0.273 e. The van der Waals surface area contributed by atoms with Crippen LogP contribution in [0.15, 0.2) is 46.7 Å². The van der Waals surface area contributed by atoms with Gasteiger partial charge in [-0.1, -0.05) is 26.0 Å². The molecule has 2 aromatic heterocycles. The van der Waals surface area contributed by atoms with Gasteiger partial charge in [0.2, 0.25) is 0 Å². The summed E-state index contributed by atoms with van der Waals surface area (Å²) in [5.74, 6) is -1.05. The Balaban J connectivity index is 1.66. The minimum Gasteiger partial charge on any atom is -0.451 e. The number of thiazole rings is 1. The van der Waals surface area contributed by atoms with Gasteiger partial charge in [0.1, 0.15) is 22.8 Å². The van der Waals surface area contributed by atoms with Crippen LogP contribution in [0.2, 0.25) is 0 Å². The second kappa shape index (κ2) is 8.75. The number of amides is 2. The Morgan fingerprint density at radius 3 is 2.75 bits per heavy atom. The third kappa shape index (κ3) is 4.80. The van der Waals surface area contributed by atoms with Gasteiger partial charge in [-0.15, -0.1) is 11.3 Å². The molecule has 0 fully saturated rings. The lowest BCUT2D eigenvalue weighted by Crippen LogP contribution is -2.32. The zero-order valence-electron chi connectivity index (χ0n) is 15.3. The summed E-state index contributed by atoms with van der Waals surface area (Å²) in [5, 5.41) is 7.83. The van der Waals surface area contributed by atoms with Crippen LogP contribution in [-0.2, 0) is 6.54 Å². The number of nitrogens with zero attached hydrogens (tertiary/aromatic N) is 2. The summed E-state index contributed by atoms with van der Waals surface area (Å²) in [7, 11) is 0. The van der Waals surface area contributed by atoms with Gasteiger partial charge in [-0.25, -0.2) is 14.4 Å². The number of hydrogen-bond donors (Lipinski definition) is 2. The van der Waals surface area contributed by atoms with E-state index in [1.54, 1.807) is 17.5 Å². The number of carbonyl (C=O) groups is 2. The van der Waals surface area contributed by atoms with Crippen molar-refractivity contribution < 1.29 is 18.4 Å². The molecule has 1 atom stereocenters. The Kier molecular flexibility index (Phi) is 6.15. The maximum Gasteiger partial charge on any atom is 0.273 e. The Labute approximate surface area is 165 Å². The molecule has 2 N–H and O–H groups in total. The van der Waals surface area contributed by atoms with Gasteiger partial charge >= 0.3 is 0 Å². The molecular formula is C19H19FN4O3S. The molecule has 0 aliphatic heterocycles. The van der Waals surface area contributed by atoms with Crippen molar-refractivity contribution >= 4 is 23.2 Å². The monoisotopic (exact) mass is 402 g/mol. The first-order valence-electron chi connectivity index (χ1n) is 8.61. The molecule has 2 heterocycles. The first kappa shape index (κ1) is 19.7. The van der Waals surface area contributed by atoms with Gasteiger partial charge < -0.3 is 15.1 Å². The van der Waals surface area contributed by atoms with Crippen LogP contribution in [0.4, 0.5) is 4.39 Å². The molecule has 28 heavy (non-hydrogen) atoms. The first-order valence-corrected chi connectivity index (χ1v) is 9.49. The maximum absolute atomic E-state index is 13.2. The lowest BCUT2D eigenvalue weighted by atomic mass is 10.1. The summed E-state index contributed by atoms with van der Waals surface area (Å²) < 4.78 is 18.0. The molecule has 0 unspecified atom stereocenters. The van der Waals surface area contributed by atoms with E-state index in [2.05, 4.69) is 20.6 Å². The third-order valence-electron chi connectivity index (χ3n) is 3.98. The van der Waals surface area contributed by atoms with E-state index in [0.717, 1.165) is 0 Å². The van der Waals surface area contributed by atoms with Crippen LogP contribution < -0.4 is 10.6 Å². The average molecular weight is 402 g/mol. The predicted octanol–water partition coefficient (Wildman–Crippen LogP) is 3.33. The fourth-order valence-corrected chi connectivity index (χ4v) is 3.53. The highest BCUT2D eigenvalue weighted by molar-refractivity contribution is 7.09. The zero-order chi connectivity index (χ0) is 20.1. The van der Waals surface area contributed by atoms with Crippen molar-refractivity contribution in [2.75, 3.05) is 0 Å². The average Bonchev–Trinajstić information content (AvgIpc) is 3.35. The number of oxazole rings is 1. The normalized spacial score (nSPS) is 12.0. The molecule has 7 nitrogen and oxygen atoms in total. The molecule has 1 aromatic carbocycles. The Bertz CT molecular complexity index is 956. The Morgan fingerprint density at radius 2 is 2.07 bits per heavy atom. The molecule has 2 amide bonds. The molecule has 0 saturated heterocycles. The number of rotatable bonds is 7. The molecule has 0 saturated carbocycles. The minimum absolute atomic E-state index is 0.0465. The number of benzene rings is 1. The molecular weight excluding hydrogens is 383 g/mol. The van der Waals surface area contributed by atoms with E-state index in [-0.39, 0.29) is 47.5 Å². The second-order valence-corrected chi connectivity index (χ2v) is 7.34. The number of carbonyl (C=O) groups excluding carboxylic acids is 2. The summed E-state index contributed by atoms with van der Waals surface area (Å²) in [5.41, 5.74) is 1.08. The summed E-state index contributed by atoms with van der Waals surface area (Å²) in [6.07, 6.45) is 2.45. The first-order chi connectivity index (χ1) is 13.4. The van der Waals surface area contributed by atoms with Crippen LogP contribution in [0, 0.1) is 11.7 Å². The summed E-state index contributed by atoms with van der Waals surface area (Å²) in [6.45, 7) is 4.08. The molecule has 0 aliphatic carbocycles. The molecule has 0 aliphatic rings. The summed E-state index contributed by atoms with van der Waals surface area (Å²) >= 11 is 1.29. The number of halogens is 1. The van der Waals surface area contributed by atoms with E-state index in [1.165, 1.54) is 36.1 Å². The largest absolute Gasteiger partial charge is 0.451 e. The lowest BCUT2D eigenvalue weighted by Gasteiger charge is -2.19. The molecule has 3 aromatic rings. The molecule has 0 bridgehead atoms. The van der Waals surface area contributed by atoms with Crippen LogP contribution in [0.1, 0.15) is 51.4 Å².